The van der Waals surface area contributed by atoms with Crippen molar-refractivity contribution < 1.29 is 24.2 Å². The Morgan fingerprint density at radius 3 is 2.03 bits per heavy atom. The van der Waals surface area contributed by atoms with Gasteiger partial charge in [-0.15, -0.1) is 0 Å². The summed E-state index contributed by atoms with van der Waals surface area (Å²) in [5.74, 6) is -1.68. The quantitative estimate of drug-likeness (QED) is 0.257. The SMILES string of the molecule is CCCCCCC(C)C(OC(=O)c1ccccc1)C(O)C(CCCCCC)C(=O)OC. The highest BCUT2D eigenvalue weighted by molar-refractivity contribution is 5.89. The highest BCUT2D eigenvalue weighted by Crippen LogP contribution is 2.27. The second kappa shape index (κ2) is 15.9. The minimum atomic E-state index is -1.09. The Morgan fingerprint density at radius 1 is 0.903 bits per heavy atom. The molecule has 5 heteroatoms. The third-order valence-corrected chi connectivity index (χ3v) is 5.95. The van der Waals surface area contributed by atoms with E-state index in [1.807, 2.05) is 13.0 Å². The number of unbranched alkanes of at least 4 members (excludes halogenated alkanes) is 6. The average Bonchev–Trinajstić information content (AvgIpc) is 2.79. The zero-order chi connectivity index (χ0) is 23.1. The molecule has 1 rings (SSSR count). The van der Waals surface area contributed by atoms with Gasteiger partial charge in [-0.3, -0.25) is 4.79 Å². The lowest BCUT2D eigenvalue weighted by Crippen LogP contribution is -2.44. The standard InChI is InChI=1S/C26H42O5/c1-5-7-9-12-16-20(3)24(31-25(28)21-17-13-11-14-18-21)23(27)22(26(29)30-4)19-15-10-8-6-2/h11,13-14,17-18,20,22-24,27H,5-10,12,15-16,19H2,1-4H3. The first-order valence-corrected chi connectivity index (χ1v) is 12.0. The molecule has 1 aromatic carbocycles. The van der Waals surface area contributed by atoms with Crippen LogP contribution in [0.5, 0.6) is 0 Å². The van der Waals surface area contributed by atoms with Crippen LogP contribution < -0.4 is 0 Å². The van der Waals surface area contributed by atoms with E-state index in [0.29, 0.717) is 12.0 Å². The second-order valence-electron chi connectivity index (χ2n) is 8.53. The fourth-order valence-corrected chi connectivity index (χ4v) is 3.95. The third kappa shape index (κ3) is 9.86. The van der Waals surface area contributed by atoms with Gasteiger partial charge in [-0.2, -0.15) is 0 Å². The molecule has 4 atom stereocenters. The van der Waals surface area contributed by atoms with Crippen molar-refractivity contribution in [1.82, 2.24) is 0 Å². The molecule has 5 nitrogen and oxygen atoms in total. The van der Waals surface area contributed by atoms with Crippen LogP contribution in [0.4, 0.5) is 0 Å². The van der Waals surface area contributed by atoms with Crippen LogP contribution in [0.25, 0.3) is 0 Å². The summed E-state index contributed by atoms with van der Waals surface area (Å²) < 4.78 is 10.8. The van der Waals surface area contributed by atoms with Gasteiger partial charge in [0.25, 0.3) is 0 Å². The Hall–Kier alpha value is -1.88. The zero-order valence-electron chi connectivity index (χ0n) is 19.8. The molecule has 0 aliphatic carbocycles. The molecule has 1 aromatic rings. The van der Waals surface area contributed by atoms with Gasteiger partial charge in [0, 0.05) is 0 Å². The number of esters is 2. The molecule has 0 saturated carbocycles. The number of aliphatic hydroxyl groups excluding tert-OH is 1. The summed E-state index contributed by atoms with van der Waals surface area (Å²) in [7, 11) is 1.34. The predicted octanol–water partition coefficient (Wildman–Crippen LogP) is 5.94. The first-order chi connectivity index (χ1) is 15.0. The lowest BCUT2D eigenvalue weighted by atomic mass is 9.85. The smallest absolute Gasteiger partial charge is 0.338 e. The van der Waals surface area contributed by atoms with E-state index < -0.39 is 30.1 Å². The highest BCUT2D eigenvalue weighted by Gasteiger charge is 2.38. The van der Waals surface area contributed by atoms with Crippen LogP contribution in [0.1, 0.15) is 95.3 Å². The Labute approximate surface area is 188 Å². The molecular weight excluding hydrogens is 392 g/mol. The summed E-state index contributed by atoms with van der Waals surface area (Å²) in [5.41, 5.74) is 0.440. The number of aliphatic hydroxyl groups is 1. The van der Waals surface area contributed by atoms with E-state index in [0.717, 1.165) is 57.8 Å². The van der Waals surface area contributed by atoms with Gasteiger partial charge in [-0.05, 0) is 30.9 Å². The monoisotopic (exact) mass is 434 g/mol. The van der Waals surface area contributed by atoms with Crippen LogP contribution in [0.2, 0.25) is 0 Å². The Balaban J connectivity index is 2.97. The Kier molecular flexibility index (Phi) is 13.9. The van der Waals surface area contributed by atoms with Crippen LogP contribution in [0.3, 0.4) is 0 Å². The van der Waals surface area contributed by atoms with Gasteiger partial charge in [0.05, 0.1) is 18.6 Å². The van der Waals surface area contributed by atoms with Crippen LogP contribution in [0.15, 0.2) is 30.3 Å². The first-order valence-electron chi connectivity index (χ1n) is 12.0. The molecule has 0 amide bonds. The van der Waals surface area contributed by atoms with Gasteiger partial charge in [0.2, 0.25) is 0 Å². The molecule has 0 aliphatic rings. The molecule has 1 N–H and O–H groups in total. The molecule has 0 radical (unpaired) electrons. The van der Waals surface area contributed by atoms with Crippen molar-refractivity contribution in [3.8, 4) is 0 Å². The van der Waals surface area contributed by atoms with Gasteiger partial charge in [-0.25, -0.2) is 4.79 Å². The number of hydrogen-bond acceptors (Lipinski definition) is 5. The first kappa shape index (κ1) is 27.2. The summed E-state index contributed by atoms with van der Waals surface area (Å²) in [5, 5.41) is 11.2. The fraction of sp³-hybridized carbons (Fsp3) is 0.692. The molecule has 0 spiro atoms. The molecular formula is C26H42O5. The second-order valence-corrected chi connectivity index (χ2v) is 8.53. The fourth-order valence-electron chi connectivity index (χ4n) is 3.95. The topological polar surface area (TPSA) is 72.8 Å². The number of ether oxygens (including phenoxy) is 2. The molecule has 4 unspecified atom stereocenters. The average molecular weight is 435 g/mol. The van der Waals surface area contributed by atoms with E-state index in [4.69, 9.17) is 9.47 Å². The normalized spacial score (nSPS) is 15.0. The minimum absolute atomic E-state index is 0.0673. The number of carbonyl (C=O) groups is 2. The lowest BCUT2D eigenvalue weighted by Gasteiger charge is -2.32. The van der Waals surface area contributed by atoms with Crippen molar-refractivity contribution in [2.45, 2.75) is 97.2 Å². The zero-order valence-corrected chi connectivity index (χ0v) is 19.8. The van der Waals surface area contributed by atoms with Crippen molar-refractivity contribution in [3.05, 3.63) is 35.9 Å². The predicted molar refractivity (Wildman–Crippen MR) is 124 cm³/mol. The Morgan fingerprint density at radius 2 is 1.48 bits per heavy atom. The van der Waals surface area contributed by atoms with E-state index >= 15 is 0 Å². The molecule has 31 heavy (non-hydrogen) atoms. The summed E-state index contributed by atoms with van der Waals surface area (Å²) in [6.07, 6.45) is 7.91. The summed E-state index contributed by atoms with van der Waals surface area (Å²) >= 11 is 0. The summed E-state index contributed by atoms with van der Waals surface area (Å²) in [6.45, 7) is 6.28. The maximum absolute atomic E-state index is 12.8. The largest absolute Gasteiger partial charge is 0.469 e. The molecule has 0 saturated heterocycles. The van der Waals surface area contributed by atoms with E-state index in [9.17, 15) is 14.7 Å². The number of hydrogen-bond donors (Lipinski definition) is 1. The molecule has 0 heterocycles. The minimum Gasteiger partial charge on any atom is -0.469 e. The van der Waals surface area contributed by atoms with E-state index in [-0.39, 0.29) is 5.92 Å². The number of benzene rings is 1. The van der Waals surface area contributed by atoms with Crippen molar-refractivity contribution in [2.75, 3.05) is 7.11 Å². The van der Waals surface area contributed by atoms with Crippen LogP contribution >= 0.6 is 0 Å². The summed E-state index contributed by atoms with van der Waals surface area (Å²) in [4.78, 5) is 25.2. The van der Waals surface area contributed by atoms with Crippen molar-refractivity contribution >= 4 is 11.9 Å². The maximum Gasteiger partial charge on any atom is 0.338 e. The molecule has 0 bridgehead atoms. The molecule has 0 aromatic heterocycles. The summed E-state index contributed by atoms with van der Waals surface area (Å²) in [6, 6.07) is 8.78. The van der Waals surface area contributed by atoms with Gasteiger partial charge >= 0.3 is 11.9 Å². The molecule has 0 aliphatic heterocycles. The van der Waals surface area contributed by atoms with E-state index in [1.165, 1.54) is 7.11 Å². The lowest BCUT2D eigenvalue weighted by molar-refractivity contribution is -0.155. The van der Waals surface area contributed by atoms with Crippen molar-refractivity contribution in [2.24, 2.45) is 11.8 Å². The van der Waals surface area contributed by atoms with E-state index in [1.54, 1.807) is 24.3 Å². The van der Waals surface area contributed by atoms with Gasteiger partial charge in [-0.1, -0.05) is 90.3 Å². The number of carbonyl (C=O) groups excluding carboxylic acids is 2. The van der Waals surface area contributed by atoms with Crippen molar-refractivity contribution in [3.63, 3.8) is 0 Å². The van der Waals surface area contributed by atoms with E-state index in [2.05, 4.69) is 13.8 Å². The van der Waals surface area contributed by atoms with Crippen LogP contribution in [0, 0.1) is 11.8 Å². The van der Waals surface area contributed by atoms with Gasteiger partial charge in [0.1, 0.15) is 12.2 Å². The third-order valence-electron chi connectivity index (χ3n) is 5.95. The van der Waals surface area contributed by atoms with Crippen molar-refractivity contribution in [1.29, 1.82) is 0 Å². The van der Waals surface area contributed by atoms with Gasteiger partial charge in [0.15, 0.2) is 0 Å². The molecule has 0 fully saturated rings. The number of rotatable bonds is 16. The van der Waals surface area contributed by atoms with Crippen LogP contribution in [-0.2, 0) is 14.3 Å². The highest BCUT2D eigenvalue weighted by atomic mass is 16.6. The molecule has 176 valence electrons. The maximum atomic E-state index is 12.8. The number of methoxy groups -OCH3 is 1. The van der Waals surface area contributed by atoms with Crippen LogP contribution in [-0.4, -0.2) is 36.4 Å². The Bertz CT molecular complexity index is 615. The van der Waals surface area contributed by atoms with Gasteiger partial charge < -0.3 is 14.6 Å².